The standard InChI is InChI=1S/C27H35N7O3S/c1-18-7-8-23(34-11-5-13-38(34,36)37)21(14-18)27(35)32-10-4-3-6-24(32)22-15-25-29-26(19(2)16-33(25)30-22)31-12-9-20(28)17-31/h7-8,14-16,20,24H,3-6,9-13,17,28H2,1-2H3/t20-,24-/m0/s1. The number of aromatic nitrogens is 3. The number of likely N-dealkylation sites (tertiary alicyclic amines) is 1. The molecule has 1 amide bonds. The highest BCUT2D eigenvalue weighted by molar-refractivity contribution is 7.93. The summed E-state index contributed by atoms with van der Waals surface area (Å²) in [4.78, 5) is 23.1. The van der Waals surface area contributed by atoms with Gasteiger partial charge in [0.25, 0.3) is 5.91 Å². The van der Waals surface area contributed by atoms with E-state index in [1.54, 1.807) is 10.6 Å². The number of hydrogen-bond acceptors (Lipinski definition) is 7. The topological polar surface area (TPSA) is 117 Å². The van der Waals surface area contributed by atoms with Gasteiger partial charge < -0.3 is 15.5 Å². The lowest BCUT2D eigenvalue weighted by Gasteiger charge is -2.35. The molecule has 202 valence electrons. The van der Waals surface area contributed by atoms with Crippen LogP contribution in [0.4, 0.5) is 11.5 Å². The molecule has 0 spiro atoms. The highest BCUT2D eigenvalue weighted by Crippen LogP contribution is 2.36. The number of benzene rings is 1. The van der Waals surface area contributed by atoms with E-state index in [9.17, 15) is 13.2 Å². The summed E-state index contributed by atoms with van der Waals surface area (Å²) in [6.07, 6.45) is 6.20. The summed E-state index contributed by atoms with van der Waals surface area (Å²) in [7, 11) is -3.41. The van der Waals surface area contributed by atoms with Crippen LogP contribution in [-0.4, -0.2) is 71.8 Å². The minimum atomic E-state index is -3.41. The van der Waals surface area contributed by atoms with Crippen LogP contribution in [0, 0.1) is 13.8 Å². The summed E-state index contributed by atoms with van der Waals surface area (Å²) in [5.41, 5.74) is 10.6. The molecule has 0 unspecified atom stereocenters. The summed E-state index contributed by atoms with van der Waals surface area (Å²) < 4.78 is 28.7. The number of fused-ring (bicyclic) bond motifs is 1. The SMILES string of the molecule is Cc1ccc(N2CCCS2(=O)=O)c(C(=O)N2CCCC[C@H]2c2cc3nc(N4CC[C@H](N)C4)c(C)cn3n2)c1. The number of rotatable bonds is 4. The largest absolute Gasteiger partial charge is 0.355 e. The molecule has 2 atom stereocenters. The third-order valence-electron chi connectivity index (χ3n) is 8.00. The van der Waals surface area contributed by atoms with Crippen LogP contribution in [0.25, 0.3) is 5.65 Å². The van der Waals surface area contributed by atoms with Gasteiger partial charge in [-0.25, -0.2) is 17.9 Å². The lowest BCUT2D eigenvalue weighted by molar-refractivity contribution is 0.0606. The molecular formula is C27H35N7O3S. The summed E-state index contributed by atoms with van der Waals surface area (Å²) in [5, 5.41) is 4.86. The van der Waals surface area contributed by atoms with Crippen molar-refractivity contribution < 1.29 is 13.2 Å². The molecule has 0 radical (unpaired) electrons. The summed E-state index contributed by atoms with van der Waals surface area (Å²) in [6.45, 7) is 6.64. The normalized spacial score (nSPS) is 23.5. The predicted molar refractivity (Wildman–Crippen MR) is 147 cm³/mol. The first-order valence-electron chi connectivity index (χ1n) is 13.5. The van der Waals surface area contributed by atoms with Gasteiger partial charge in [-0.2, -0.15) is 5.10 Å². The number of nitrogens with two attached hydrogens (primary N) is 1. The molecule has 11 heteroatoms. The van der Waals surface area contributed by atoms with Gasteiger partial charge in [0, 0.05) is 50.0 Å². The second kappa shape index (κ2) is 9.53. The number of sulfonamides is 1. The Bertz CT molecular complexity index is 1500. The van der Waals surface area contributed by atoms with Crippen molar-refractivity contribution in [2.75, 3.05) is 41.1 Å². The Morgan fingerprint density at radius 2 is 1.89 bits per heavy atom. The lowest BCUT2D eigenvalue weighted by atomic mass is 9.97. The zero-order chi connectivity index (χ0) is 26.6. The van der Waals surface area contributed by atoms with Gasteiger partial charge in [-0.15, -0.1) is 0 Å². The third kappa shape index (κ3) is 4.41. The monoisotopic (exact) mass is 537 g/mol. The first kappa shape index (κ1) is 25.1. The first-order chi connectivity index (χ1) is 18.2. The molecule has 2 aromatic heterocycles. The van der Waals surface area contributed by atoms with E-state index in [4.69, 9.17) is 15.8 Å². The van der Waals surface area contributed by atoms with Crippen LogP contribution in [0.5, 0.6) is 0 Å². The summed E-state index contributed by atoms with van der Waals surface area (Å²) in [6, 6.07) is 7.40. The van der Waals surface area contributed by atoms with Gasteiger partial charge in [0.05, 0.1) is 28.7 Å². The molecule has 3 aliphatic heterocycles. The number of carbonyl (C=O) groups is 1. The second-order valence-corrected chi connectivity index (χ2v) is 12.9. The number of carbonyl (C=O) groups excluding carboxylic acids is 1. The van der Waals surface area contributed by atoms with E-state index >= 15 is 0 Å². The Hall–Kier alpha value is -3.18. The van der Waals surface area contributed by atoms with Crippen LogP contribution >= 0.6 is 0 Å². The average Bonchev–Trinajstić information content (AvgIpc) is 3.60. The zero-order valence-corrected chi connectivity index (χ0v) is 22.8. The number of nitrogens with zero attached hydrogens (tertiary/aromatic N) is 6. The molecule has 3 aromatic rings. The molecule has 3 fully saturated rings. The van der Waals surface area contributed by atoms with Crippen molar-refractivity contribution in [2.45, 2.75) is 58.0 Å². The van der Waals surface area contributed by atoms with Crippen LogP contribution in [0.15, 0.2) is 30.5 Å². The highest BCUT2D eigenvalue weighted by atomic mass is 32.2. The van der Waals surface area contributed by atoms with Gasteiger partial charge >= 0.3 is 0 Å². The molecule has 3 saturated heterocycles. The maximum atomic E-state index is 14.1. The van der Waals surface area contributed by atoms with Crippen molar-refractivity contribution in [3.63, 3.8) is 0 Å². The second-order valence-electron chi connectivity index (χ2n) is 10.9. The molecule has 2 N–H and O–H groups in total. The number of hydrogen-bond donors (Lipinski definition) is 1. The van der Waals surface area contributed by atoms with Crippen molar-refractivity contribution in [3.05, 3.63) is 52.8 Å². The van der Waals surface area contributed by atoms with E-state index in [0.29, 0.717) is 30.8 Å². The minimum absolute atomic E-state index is 0.111. The minimum Gasteiger partial charge on any atom is -0.355 e. The van der Waals surface area contributed by atoms with Gasteiger partial charge in [0.2, 0.25) is 10.0 Å². The molecule has 38 heavy (non-hydrogen) atoms. The lowest BCUT2D eigenvalue weighted by Crippen LogP contribution is -2.39. The van der Waals surface area contributed by atoms with Gasteiger partial charge in [-0.05, 0) is 58.1 Å². The Labute approximate surface area is 223 Å². The highest BCUT2D eigenvalue weighted by Gasteiger charge is 2.36. The quantitative estimate of drug-likeness (QED) is 0.544. The van der Waals surface area contributed by atoms with Crippen molar-refractivity contribution in [2.24, 2.45) is 5.73 Å². The Morgan fingerprint density at radius 1 is 1.05 bits per heavy atom. The molecule has 0 bridgehead atoms. The average molecular weight is 538 g/mol. The molecule has 0 aliphatic carbocycles. The summed E-state index contributed by atoms with van der Waals surface area (Å²) in [5.74, 6) is 0.896. The van der Waals surface area contributed by atoms with E-state index in [-0.39, 0.29) is 23.7 Å². The third-order valence-corrected chi connectivity index (χ3v) is 9.86. The molecule has 10 nitrogen and oxygen atoms in total. The van der Waals surface area contributed by atoms with E-state index in [0.717, 1.165) is 67.1 Å². The maximum absolute atomic E-state index is 14.1. The van der Waals surface area contributed by atoms with Crippen molar-refractivity contribution in [1.82, 2.24) is 19.5 Å². The van der Waals surface area contributed by atoms with Gasteiger partial charge in [-0.3, -0.25) is 9.10 Å². The summed E-state index contributed by atoms with van der Waals surface area (Å²) >= 11 is 0. The van der Waals surface area contributed by atoms with Crippen LogP contribution in [0.2, 0.25) is 0 Å². The molecule has 6 rings (SSSR count). The van der Waals surface area contributed by atoms with Crippen molar-refractivity contribution in [3.8, 4) is 0 Å². The number of amides is 1. The van der Waals surface area contributed by atoms with E-state index in [1.807, 2.05) is 43.1 Å². The fourth-order valence-electron chi connectivity index (χ4n) is 6.07. The fourth-order valence-corrected chi connectivity index (χ4v) is 7.65. The Kier molecular flexibility index (Phi) is 6.30. The smallest absolute Gasteiger partial charge is 0.256 e. The number of anilines is 2. The van der Waals surface area contributed by atoms with Crippen molar-refractivity contribution in [1.29, 1.82) is 0 Å². The van der Waals surface area contributed by atoms with Crippen LogP contribution in [0.1, 0.15) is 65.3 Å². The van der Waals surface area contributed by atoms with Crippen LogP contribution in [0.3, 0.4) is 0 Å². The fraction of sp³-hybridized carbons (Fsp3) is 0.519. The van der Waals surface area contributed by atoms with E-state index in [2.05, 4.69) is 4.90 Å². The molecular weight excluding hydrogens is 502 g/mol. The molecule has 1 aromatic carbocycles. The molecule has 5 heterocycles. The zero-order valence-electron chi connectivity index (χ0n) is 22.0. The molecule has 0 saturated carbocycles. The van der Waals surface area contributed by atoms with Gasteiger partial charge in [-0.1, -0.05) is 11.6 Å². The number of aryl methyl sites for hydroxylation is 2. The predicted octanol–water partition coefficient (Wildman–Crippen LogP) is 2.79. The first-order valence-corrected chi connectivity index (χ1v) is 15.1. The Balaban J connectivity index is 1.35. The molecule has 3 aliphatic rings. The maximum Gasteiger partial charge on any atom is 0.256 e. The van der Waals surface area contributed by atoms with Crippen molar-refractivity contribution >= 4 is 33.1 Å². The van der Waals surface area contributed by atoms with Crippen LogP contribution in [-0.2, 0) is 10.0 Å². The van der Waals surface area contributed by atoms with E-state index in [1.165, 1.54) is 4.31 Å². The van der Waals surface area contributed by atoms with Crippen LogP contribution < -0.4 is 14.9 Å². The van der Waals surface area contributed by atoms with E-state index < -0.39 is 10.0 Å². The number of piperidine rings is 1. The van der Waals surface area contributed by atoms with Gasteiger partial charge in [0.15, 0.2) is 5.65 Å². The Morgan fingerprint density at radius 3 is 2.63 bits per heavy atom. The van der Waals surface area contributed by atoms with Gasteiger partial charge in [0.1, 0.15) is 5.82 Å².